The number of nitrogens with zero attached hydrogens (tertiary/aromatic N) is 5. The van der Waals surface area contributed by atoms with Crippen molar-refractivity contribution >= 4 is 12.1 Å². The molecule has 0 radical (unpaired) electrons. The topological polar surface area (TPSA) is 103 Å². The number of hydrogen-bond donors (Lipinski definition) is 1. The average Bonchev–Trinajstić information content (AvgIpc) is 3.60. The number of carbonyl (C=O) groups is 2. The number of imidazole rings is 1. The highest BCUT2D eigenvalue weighted by molar-refractivity contribution is 5.93. The SMILES string of the molecule is N#Cc1ccccc1C1CCN(CCCNC(=O)N2C(=O)O[C@@H](Cn3ccnc3)[C@@H]2c2ccc(F)c(F)c2)CC1. The zero-order valence-electron chi connectivity index (χ0n) is 21.9. The molecule has 9 nitrogen and oxygen atoms in total. The second-order valence-corrected chi connectivity index (χ2v) is 10.1. The predicted octanol–water partition coefficient (Wildman–Crippen LogP) is 4.57. The smallest absolute Gasteiger partial charge is 0.419 e. The molecular formula is C29H30F2N6O3. The van der Waals surface area contributed by atoms with Crippen LogP contribution < -0.4 is 5.32 Å². The molecule has 2 aromatic carbocycles. The van der Waals surface area contributed by atoms with Gasteiger partial charge in [-0.1, -0.05) is 24.3 Å². The van der Waals surface area contributed by atoms with E-state index in [0.29, 0.717) is 18.9 Å². The molecule has 0 aliphatic carbocycles. The molecule has 2 fully saturated rings. The van der Waals surface area contributed by atoms with E-state index in [1.165, 1.54) is 6.07 Å². The molecule has 1 N–H and O–H groups in total. The van der Waals surface area contributed by atoms with Crippen molar-refractivity contribution < 1.29 is 23.1 Å². The summed E-state index contributed by atoms with van der Waals surface area (Å²) in [4.78, 5) is 33.2. The first-order valence-electron chi connectivity index (χ1n) is 13.3. The maximum atomic E-state index is 14.1. The van der Waals surface area contributed by atoms with Crippen molar-refractivity contribution in [3.05, 3.63) is 89.5 Å². The fraction of sp³-hybridized carbons (Fsp3) is 0.379. The highest BCUT2D eigenvalue weighted by Gasteiger charge is 2.46. The van der Waals surface area contributed by atoms with Crippen LogP contribution in [-0.4, -0.2) is 63.8 Å². The van der Waals surface area contributed by atoms with Crippen LogP contribution in [0.1, 0.15) is 47.9 Å². The molecule has 2 saturated heterocycles. The molecule has 0 saturated carbocycles. The van der Waals surface area contributed by atoms with Crippen LogP contribution in [0, 0.1) is 23.0 Å². The molecular weight excluding hydrogens is 518 g/mol. The van der Waals surface area contributed by atoms with Gasteiger partial charge in [0.1, 0.15) is 12.1 Å². The minimum atomic E-state index is -1.07. The van der Waals surface area contributed by atoms with Crippen molar-refractivity contribution in [2.45, 2.75) is 43.9 Å². The third kappa shape index (κ3) is 5.97. The van der Waals surface area contributed by atoms with Crippen LogP contribution in [-0.2, 0) is 11.3 Å². The number of carbonyl (C=O) groups excluding carboxylic acids is 2. The van der Waals surface area contributed by atoms with Gasteiger partial charge in [-0.3, -0.25) is 0 Å². The maximum absolute atomic E-state index is 14.1. The van der Waals surface area contributed by atoms with Gasteiger partial charge in [0, 0.05) is 18.9 Å². The van der Waals surface area contributed by atoms with Gasteiger partial charge in [-0.05, 0) is 74.1 Å². The molecule has 2 aliphatic heterocycles. The summed E-state index contributed by atoms with van der Waals surface area (Å²) in [6.45, 7) is 3.08. The minimum Gasteiger partial charge on any atom is -0.441 e. The van der Waals surface area contributed by atoms with E-state index in [1.807, 2.05) is 24.3 Å². The number of amides is 3. The molecule has 11 heteroatoms. The highest BCUT2D eigenvalue weighted by Crippen LogP contribution is 2.35. The van der Waals surface area contributed by atoms with E-state index in [-0.39, 0.29) is 12.1 Å². The number of rotatable bonds is 8. The summed E-state index contributed by atoms with van der Waals surface area (Å²) in [7, 11) is 0. The molecule has 3 heterocycles. The Morgan fingerprint density at radius 1 is 1.15 bits per heavy atom. The van der Waals surface area contributed by atoms with Gasteiger partial charge in [0.05, 0.1) is 24.5 Å². The lowest BCUT2D eigenvalue weighted by Gasteiger charge is -2.32. The van der Waals surface area contributed by atoms with Crippen LogP contribution in [0.25, 0.3) is 0 Å². The Morgan fingerprint density at radius 2 is 1.95 bits per heavy atom. The Labute approximate surface area is 231 Å². The molecule has 2 atom stereocenters. The number of cyclic esters (lactones) is 1. The van der Waals surface area contributed by atoms with Gasteiger partial charge in [-0.2, -0.15) is 5.26 Å². The normalized spacial score (nSPS) is 19.8. The van der Waals surface area contributed by atoms with E-state index < -0.39 is 35.9 Å². The molecule has 1 aromatic heterocycles. The number of aromatic nitrogens is 2. The van der Waals surface area contributed by atoms with Gasteiger partial charge in [-0.25, -0.2) is 28.3 Å². The summed E-state index contributed by atoms with van der Waals surface area (Å²) in [5, 5.41) is 12.2. The van der Waals surface area contributed by atoms with E-state index in [1.54, 1.807) is 23.3 Å². The summed E-state index contributed by atoms with van der Waals surface area (Å²) in [6, 6.07) is 11.7. The van der Waals surface area contributed by atoms with Crippen molar-refractivity contribution in [3.63, 3.8) is 0 Å². The molecule has 5 rings (SSSR count). The first-order chi connectivity index (χ1) is 19.4. The van der Waals surface area contributed by atoms with Gasteiger partial charge in [-0.15, -0.1) is 0 Å². The lowest BCUT2D eigenvalue weighted by atomic mass is 9.87. The fourth-order valence-corrected chi connectivity index (χ4v) is 5.55. The number of nitriles is 1. The Hall–Kier alpha value is -4.30. The van der Waals surface area contributed by atoms with Crippen molar-refractivity contribution in [2.75, 3.05) is 26.2 Å². The standard InChI is InChI=1S/C29H30F2N6O3/c30-24-7-6-21(16-25(24)31)27-26(18-36-15-11-33-19-36)40-29(39)37(27)28(38)34-10-3-12-35-13-8-20(9-14-35)23-5-2-1-4-22(23)17-32/h1-2,4-7,11,15-16,19-20,26-27H,3,8-10,12-14,18H2,(H,34,38)/t26-,27-/m0/s1. The second kappa shape index (κ2) is 12.3. The van der Waals surface area contributed by atoms with Gasteiger partial charge < -0.3 is 19.5 Å². The van der Waals surface area contributed by atoms with Gasteiger partial charge in [0.25, 0.3) is 0 Å². The molecule has 0 spiro atoms. The monoisotopic (exact) mass is 548 g/mol. The predicted molar refractivity (Wildman–Crippen MR) is 141 cm³/mol. The van der Waals surface area contributed by atoms with Crippen LogP contribution in [0.4, 0.5) is 18.4 Å². The number of benzene rings is 2. The van der Waals surface area contributed by atoms with Crippen LogP contribution in [0.15, 0.2) is 61.2 Å². The quantitative estimate of drug-likeness (QED) is 0.414. The average molecular weight is 549 g/mol. The minimum absolute atomic E-state index is 0.188. The van der Waals surface area contributed by atoms with Crippen molar-refractivity contribution in [1.29, 1.82) is 5.26 Å². The first kappa shape index (κ1) is 27.3. The number of nitrogens with one attached hydrogen (secondary N) is 1. The first-order valence-corrected chi connectivity index (χ1v) is 13.3. The number of imide groups is 1. The molecule has 208 valence electrons. The number of piperidine rings is 1. The molecule has 40 heavy (non-hydrogen) atoms. The molecule has 0 unspecified atom stereocenters. The summed E-state index contributed by atoms with van der Waals surface area (Å²) in [6.07, 6.45) is 5.72. The van der Waals surface area contributed by atoms with Crippen molar-refractivity contribution in [3.8, 4) is 6.07 Å². The van der Waals surface area contributed by atoms with Gasteiger partial charge >= 0.3 is 12.1 Å². The Kier molecular flexibility index (Phi) is 8.36. The third-order valence-corrected chi connectivity index (χ3v) is 7.57. The zero-order valence-corrected chi connectivity index (χ0v) is 21.9. The molecule has 3 aromatic rings. The summed E-state index contributed by atoms with van der Waals surface area (Å²) >= 11 is 0. The number of ether oxygens (including phenoxy) is 1. The van der Waals surface area contributed by atoms with Crippen molar-refractivity contribution in [2.24, 2.45) is 0 Å². The maximum Gasteiger partial charge on any atom is 0.419 e. The van der Waals surface area contributed by atoms with Crippen molar-refractivity contribution in [1.82, 2.24) is 24.7 Å². The van der Waals surface area contributed by atoms with Crippen LogP contribution in [0.2, 0.25) is 0 Å². The second-order valence-electron chi connectivity index (χ2n) is 10.1. The van der Waals surface area contributed by atoms with E-state index in [4.69, 9.17) is 4.74 Å². The van der Waals surface area contributed by atoms with E-state index in [9.17, 15) is 23.6 Å². The third-order valence-electron chi connectivity index (χ3n) is 7.57. The lowest BCUT2D eigenvalue weighted by molar-refractivity contribution is 0.120. The number of likely N-dealkylation sites (tertiary alicyclic amines) is 1. The Morgan fingerprint density at radius 3 is 2.67 bits per heavy atom. The van der Waals surface area contributed by atoms with Gasteiger partial charge in [0.15, 0.2) is 11.6 Å². The largest absolute Gasteiger partial charge is 0.441 e. The van der Waals surface area contributed by atoms with Gasteiger partial charge in [0.2, 0.25) is 0 Å². The number of hydrogen-bond acceptors (Lipinski definition) is 6. The molecule has 3 amide bonds. The van der Waals surface area contributed by atoms with E-state index >= 15 is 0 Å². The van der Waals surface area contributed by atoms with Crippen LogP contribution in [0.5, 0.6) is 0 Å². The van der Waals surface area contributed by atoms with Crippen LogP contribution in [0.3, 0.4) is 0 Å². The van der Waals surface area contributed by atoms with Crippen LogP contribution >= 0.6 is 0 Å². The Balaban J connectivity index is 1.16. The van der Waals surface area contributed by atoms with E-state index in [2.05, 4.69) is 21.3 Å². The number of halogens is 2. The molecule has 0 bridgehead atoms. The fourth-order valence-electron chi connectivity index (χ4n) is 5.55. The lowest BCUT2D eigenvalue weighted by Crippen LogP contribution is -2.44. The zero-order chi connectivity index (χ0) is 28.1. The Bertz CT molecular complexity index is 1380. The highest BCUT2D eigenvalue weighted by atomic mass is 19.2. The summed E-state index contributed by atoms with van der Waals surface area (Å²) in [5.41, 5.74) is 2.10. The molecule has 2 aliphatic rings. The summed E-state index contributed by atoms with van der Waals surface area (Å²) in [5.74, 6) is -1.73. The summed E-state index contributed by atoms with van der Waals surface area (Å²) < 4.78 is 34.9. The number of urea groups is 1. The van der Waals surface area contributed by atoms with E-state index in [0.717, 1.165) is 60.6 Å².